The molecule has 106 valence electrons. The van der Waals surface area contributed by atoms with Gasteiger partial charge in [-0.2, -0.15) is 5.10 Å². The number of aryl methyl sites for hydroxylation is 1. The Bertz CT molecular complexity index is 400. The molecule has 1 aliphatic carbocycles. The Morgan fingerprint density at radius 3 is 3.05 bits per heavy atom. The fourth-order valence-corrected chi connectivity index (χ4v) is 2.88. The zero-order chi connectivity index (χ0) is 13.1. The van der Waals surface area contributed by atoms with E-state index in [0.717, 1.165) is 32.2 Å². The van der Waals surface area contributed by atoms with Gasteiger partial charge < -0.3 is 9.64 Å². The summed E-state index contributed by atoms with van der Waals surface area (Å²) in [5, 5.41) is 7.48. The summed E-state index contributed by atoms with van der Waals surface area (Å²) < 4.78 is 5.74. The van der Waals surface area contributed by atoms with Crippen LogP contribution in [-0.2, 0) is 4.74 Å². The molecule has 0 bridgehead atoms. The highest BCUT2D eigenvalue weighted by atomic mass is 16.5. The van der Waals surface area contributed by atoms with Crippen molar-refractivity contribution >= 4 is 0 Å². The molecule has 1 N–H and O–H groups in total. The van der Waals surface area contributed by atoms with Crippen molar-refractivity contribution in [2.24, 2.45) is 5.92 Å². The Labute approximate surface area is 115 Å². The Balaban J connectivity index is 1.42. The van der Waals surface area contributed by atoms with Crippen LogP contribution in [0.1, 0.15) is 43.0 Å². The van der Waals surface area contributed by atoms with Crippen LogP contribution in [0.2, 0.25) is 0 Å². The van der Waals surface area contributed by atoms with Crippen molar-refractivity contribution in [1.29, 1.82) is 0 Å². The van der Waals surface area contributed by atoms with E-state index >= 15 is 0 Å². The average Bonchev–Trinajstić information content (AvgIpc) is 3.15. The Morgan fingerprint density at radius 1 is 1.42 bits per heavy atom. The molecule has 1 aromatic rings. The van der Waals surface area contributed by atoms with Crippen molar-refractivity contribution in [3.63, 3.8) is 0 Å². The van der Waals surface area contributed by atoms with Gasteiger partial charge in [0.05, 0.1) is 12.3 Å². The number of nitrogens with zero attached hydrogens (tertiary/aromatic N) is 2. The van der Waals surface area contributed by atoms with Gasteiger partial charge in [-0.25, -0.2) is 0 Å². The first-order valence-electron chi connectivity index (χ1n) is 7.63. The lowest BCUT2D eigenvalue weighted by Gasteiger charge is -2.31. The van der Waals surface area contributed by atoms with Crippen molar-refractivity contribution < 1.29 is 4.74 Å². The number of hydrogen-bond acceptors (Lipinski definition) is 3. The minimum atomic E-state index is 0.599. The van der Waals surface area contributed by atoms with Gasteiger partial charge in [0, 0.05) is 31.3 Å². The van der Waals surface area contributed by atoms with Crippen LogP contribution in [0, 0.1) is 12.8 Å². The molecule has 2 heterocycles. The normalized spacial score (nSPS) is 24.8. The number of hydrogen-bond donors (Lipinski definition) is 1. The van der Waals surface area contributed by atoms with Gasteiger partial charge in [-0.05, 0) is 51.1 Å². The molecule has 3 rings (SSSR count). The van der Waals surface area contributed by atoms with Crippen LogP contribution in [0.5, 0.6) is 0 Å². The highest BCUT2D eigenvalue weighted by Crippen LogP contribution is 2.29. The lowest BCUT2D eigenvalue weighted by atomic mass is 9.95. The first-order chi connectivity index (χ1) is 9.31. The van der Waals surface area contributed by atoms with E-state index in [0.29, 0.717) is 5.92 Å². The van der Waals surface area contributed by atoms with E-state index < -0.39 is 0 Å². The van der Waals surface area contributed by atoms with E-state index in [2.05, 4.69) is 28.1 Å². The highest BCUT2D eigenvalue weighted by Gasteiger charge is 2.24. The quantitative estimate of drug-likeness (QED) is 0.801. The maximum Gasteiger partial charge on any atom is 0.0668 e. The molecule has 1 aliphatic heterocycles. The summed E-state index contributed by atoms with van der Waals surface area (Å²) in [6.07, 6.45) is 5.30. The lowest BCUT2D eigenvalue weighted by molar-refractivity contribution is 0.0861. The third kappa shape index (κ3) is 3.80. The summed E-state index contributed by atoms with van der Waals surface area (Å²) in [6, 6.07) is 2.19. The second-order valence-electron chi connectivity index (χ2n) is 6.13. The largest absolute Gasteiger partial charge is 0.380 e. The standard InChI is InChI=1S/C15H25N3O/c1-12-9-15(17-16-12)14-3-2-6-18(10-14)7-8-19-11-13-4-5-13/h9,13-14H,2-8,10-11H2,1H3,(H,16,17)/t14-/m0/s1. The molecular weight excluding hydrogens is 238 g/mol. The maximum atomic E-state index is 5.74. The number of aromatic nitrogens is 2. The van der Waals surface area contributed by atoms with Gasteiger partial charge >= 0.3 is 0 Å². The van der Waals surface area contributed by atoms with Crippen molar-refractivity contribution in [3.05, 3.63) is 17.5 Å². The summed E-state index contributed by atoms with van der Waals surface area (Å²) >= 11 is 0. The second-order valence-corrected chi connectivity index (χ2v) is 6.13. The molecule has 4 heteroatoms. The van der Waals surface area contributed by atoms with Crippen molar-refractivity contribution in [3.8, 4) is 0 Å². The third-order valence-electron chi connectivity index (χ3n) is 4.25. The van der Waals surface area contributed by atoms with Gasteiger partial charge in [0.2, 0.25) is 0 Å². The summed E-state index contributed by atoms with van der Waals surface area (Å²) in [5.74, 6) is 1.48. The van der Waals surface area contributed by atoms with E-state index in [1.165, 1.54) is 43.6 Å². The number of aromatic amines is 1. The van der Waals surface area contributed by atoms with Gasteiger partial charge in [0.15, 0.2) is 0 Å². The third-order valence-corrected chi connectivity index (χ3v) is 4.25. The van der Waals surface area contributed by atoms with E-state index in [9.17, 15) is 0 Å². The molecule has 19 heavy (non-hydrogen) atoms. The molecule has 0 radical (unpaired) electrons. The van der Waals surface area contributed by atoms with Crippen LogP contribution in [-0.4, -0.2) is 47.9 Å². The molecule has 4 nitrogen and oxygen atoms in total. The summed E-state index contributed by atoms with van der Waals surface area (Å²) in [6.45, 7) is 7.37. The molecule has 2 fully saturated rings. The van der Waals surface area contributed by atoms with Crippen LogP contribution in [0.4, 0.5) is 0 Å². The second kappa shape index (κ2) is 6.06. The summed E-state index contributed by atoms with van der Waals surface area (Å²) in [7, 11) is 0. The molecule has 1 saturated heterocycles. The number of nitrogens with one attached hydrogen (secondary N) is 1. The number of likely N-dealkylation sites (tertiary alicyclic amines) is 1. The molecule has 1 atom stereocenters. The number of H-pyrrole nitrogens is 1. The van der Waals surface area contributed by atoms with Crippen LogP contribution < -0.4 is 0 Å². The number of rotatable bonds is 6. The fraction of sp³-hybridized carbons (Fsp3) is 0.800. The molecule has 0 aromatic carbocycles. The monoisotopic (exact) mass is 263 g/mol. The minimum Gasteiger partial charge on any atom is -0.380 e. The van der Waals surface area contributed by atoms with E-state index in [4.69, 9.17) is 4.74 Å². The van der Waals surface area contributed by atoms with E-state index in [1.807, 2.05) is 0 Å². The van der Waals surface area contributed by atoms with E-state index in [-0.39, 0.29) is 0 Å². The SMILES string of the molecule is Cc1cc([C@H]2CCCN(CCOCC3CC3)C2)n[nH]1. The van der Waals surface area contributed by atoms with Gasteiger partial charge in [-0.3, -0.25) is 5.10 Å². The molecule has 0 amide bonds. The highest BCUT2D eigenvalue weighted by molar-refractivity contribution is 5.13. The van der Waals surface area contributed by atoms with Gasteiger partial charge in [0.25, 0.3) is 0 Å². The molecule has 0 unspecified atom stereocenters. The summed E-state index contributed by atoms with van der Waals surface area (Å²) in [5.41, 5.74) is 2.40. The smallest absolute Gasteiger partial charge is 0.0668 e. The molecule has 1 aromatic heterocycles. The first kappa shape index (κ1) is 13.1. The Kier molecular flexibility index (Phi) is 4.18. The average molecular weight is 263 g/mol. The first-order valence-corrected chi connectivity index (χ1v) is 7.63. The maximum absolute atomic E-state index is 5.74. The number of piperidine rings is 1. The van der Waals surface area contributed by atoms with Crippen molar-refractivity contribution in [2.45, 2.75) is 38.5 Å². The molecular formula is C15H25N3O. The summed E-state index contributed by atoms with van der Waals surface area (Å²) in [4.78, 5) is 2.53. The van der Waals surface area contributed by atoms with Gasteiger partial charge in [-0.1, -0.05) is 0 Å². The predicted octanol–water partition coefficient (Wildman–Crippen LogP) is 2.32. The van der Waals surface area contributed by atoms with Gasteiger partial charge in [0.1, 0.15) is 0 Å². The zero-order valence-electron chi connectivity index (χ0n) is 11.9. The van der Waals surface area contributed by atoms with Crippen LogP contribution in [0.15, 0.2) is 6.07 Å². The molecule has 1 saturated carbocycles. The van der Waals surface area contributed by atoms with Gasteiger partial charge in [-0.15, -0.1) is 0 Å². The lowest BCUT2D eigenvalue weighted by Crippen LogP contribution is -2.36. The van der Waals surface area contributed by atoms with Crippen molar-refractivity contribution in [1.82, 2.24) is 15.1 Å². The van der Waals surface area contributed by atoms with E-state index in [1.54, 1.807) is 0 Å². The minimum absolute atomic E-state index is 0.599. The topological polar surface area (TPSA) is 41.1 Å². The molecule has 2 aliphatic rings. The van der Waals surface area contributed by atoms with Crippen LogP contribution in [0.25, 0.3) is 0 Å². The van der Waals surface area contributed by atoms with Crippen LogP contribution >= 0.6 is 0 Å². The van der Waals surface area contributed by atoms with Crippen molar-refractivity contribution in [2.75, 3.05) is 32.8 Å². The predicted molar refractivity (Wildman–Crippen MR) is 75.3 cm³/mol. The van der Waals surface area contributed by atoms with Crippen LogP contribution in [0.3, 0.4) is 0 Å². The molecule has 0 spiro atoms. The Hall–Kier alpha value is -0.870. The number of ether oxygens (including phenoxy) is 1. The zero-order valence-corrected chi connectivity index (χ0v) is 11.9. The Morgan fingerprint density at radius 2 is 2.32 bits per heavy atom. The fourth-order valence-electron chi connectivity index (χ4n) is 2.88.